The molecule has 1 aliphatic heterocycles. The molecule has 0 fully saturated rings. The van der Waals surface area contributed by atoms with E-state index in [1.165, 1.54) is 6.07 Å². The lowest BCUT2D eigenvalue weighted by Gasteiger charge is -2.04. The van der Waals surface area contributed by atoms with Crippen molar-refractivity contribution in [2.75, 3.05) is 5.32 Å². The molecule has 5 nitrogen and oxygen atoms in total. The van der Waals surface area contributed by atoms with Crippen LogP contribution in [0.1, 0.15) is 11.3 Å². The van der Waals surface area contributed by atoms with E-state index in [0.717, 1.165) is 11.1 Å². The van der Waals surface area contributed by atoms with E-state index in [1.54, 1.807) is 24.6 Å². The Morgan fingerprint density at radius 3 is 2.92 bits per heavy atom. The van der Waals surface area contributed by atoms with Crippen LogP contribution in [-0.4, -0.2) is 16.3 Å². The summed E-state index contributed by atoms with van der Waals surface area (Å²) >= 11 is 6.11. The van der Waals surface area contributed by atoms with Gasteiger partial charge in [-0.05, 0) is 30.3 Å². The van der Waals surface area contributed by atoms with Crippen LogP contribution in [-0.2, 0) is 0 Å². The number of hydrogen-bond acceptors (Lipinski definition) is 5. The van der Waals surface area contributed by atoms with E-state index in [1.807, 2.05) is 30.3 Å². The largest absolute Gasteiger partial charge is 0.504 e. The highest BCUT2D eigenvalue weighted by Crippen LogP contribution is 2.35. The Bertz CT molecular complexity index is 976. The summed E-state index contributed by atoms with van der Waals surface area (Å²) in [7, 11) is 0. The first kappa shape index (κ1) is 14.5. The Morgan fingerprint density at radius 1 is 1.17 bits per heavy atom. The zero-order valence-corrected chi connectivity index (χ0v) is 13.2. The quantitative estimate of drug-likeness (QED) is 0.702. The number of aliphatic imine (C=N–C) groups is 1. The second kappa shape index (κ2) is 5.86. The number of rotatable bonds is 3. The van der Waals surface area contributed by atoms with Gasteiger partial charge in [-0.3, -0.25) is 0 Å². The topological polar surface area (TPSA) is 70.7 Å². The standard InChI is InChI=1S/C18H12ClN3O2/c19-13-5-1-2-6-14(13)22-17-9-15(23)16(24-17)8-11-10-21-18-12(11)4-3-7-20-18/h1-10,22-23H. The van der Waals surface area contributed by atoms with Crippen LogP contribution in [0, 0.1) is 0 Å². The first-order valence-corrected chi connectivity index (χ1v) is 7.64. The van der Waals surface area contributed by atoms with Gasteiger partial charge in [-0.25, -0.2) is 9.98 Å². The third kappa shape index (κ3) is 2.66. The Labute approximate surface area is 143 Å². The van der Waals surface area contributed by atoms with Crippen molar-refractivity contribution < 1.29 is 9.52 Å². The molecule has 4 rings (SSSR count). The molecule has 0 aliphatic carbocycles. The van der Waals surface area contributed by atoms with Gasteiger partial charge in [-0.1, -0.05) is 23.7 Å². The van der Waals surface area contributed by atoms with Crippen LogP contribution in [0.2, 0.25) is 5.02 Å². The predicted molar refractivity (Wildman–Crippen MR) is 95.4 cm³/mol. The van der Waals surface area contributed by atoms with E-state index < -0.39 is 0 Å². The summed E-state index contributed by atoms with van der Waals surface area (Å²) in [6, 6.07) is 12.6. The molecule has 0 saturated heterocycles. The third-order valence-electron chi connectivity index (χ3n) is 3.58. The molecule has 118 valence electrons. The van der Waals surface area contributed by atoms with Gasteiger partial charge >= 0.3 is 0 Å². The van der Waals surface area contributed by atoms with Gasteiger partial charge in [-0.2, -0.15) is 0 Å². The van der Waals surface area contributed by atoms with E-state index >= 15 is 0 Å². The van der Waals surface area contributed by atoms with E-state index in [4.69, 9.17) is 16.0 Å². The van der Waals surface area contributed by atoms with E-state index in [-0.39, 0.29) is 5.75 Å². The Morgan fingerprint density at radius 2 is 2.04 bits per heavy atom. The van der Waals surface area contributed by atoms with Gasteiger partial charge in [0.25, 0.3) is 0 Å². The molecule has 0 atom stereocenters. The minimum Gasteiger partial charge on any atom is -0.504 e. The van der Waals surface area contributed by atoms with E-state index in [9.17, 15) is 5.11 Å². The zero-order valence-electron chi connectivity index (χ0n) is 12.4. The van der Waals surface area contributed by atoms with Crippen LogP contribution >= 0.6 is 11.6 Å². The molecule has 0 unspecified atom stereocenters. The highest BCUT2D eigenvalue weighted by molar-refractivity contribution is 6.33. The lowest BCUT2D eigenvalue weighted by atomic mass is 10.1. The average Bonchev–Trinajstić information content (AvgIpc) is 3.14. The number of benzene rings is 1. The summed E-state index contributed by atoms with van der Waals surface area (Å²) in [6.07, 6.45) is 5.11. The maximum Gasteiger partial charge on any atom is 0.201 e. The first-order chi connectivity index (χ1) is 11.7. The fourth-order valence-corrected chi connectivity index (χ4v) is 2.62. The van der Waals surface area contributed by atoms with Crippen molar-refractivity contribution in [3.63, 3.8) is 0 Å². The van der Waals surface area contributed by atoms with Crippen molar-refractivity contribution >= 4 is 46.9 Å². The van der Waals surface area contributed by atoms with Gasteiger partial charge in [0.1, 0.15) is 0 Å². The second-order valence-corrected chi connectivity index (χ2v) is 5.60. The predicted octanol–water partition coefficient (Wildman–Crippen LogP) is 5.03. The van der Waals surface area contributed by atoms with Gasteiger partial charge in [0.15, 0.2) is 17.3 Å². The van der Waals surface area contributed by atoms with Crippen molar-refractivity contribution in [3.8, 4) is 5.75 Å². The number of hydrogen-bond donors (Lipinski definition) is 2. The molecular weight excluding hydrogens is 326 g/mol. The molecule has 2 N–H and O–H groups in total. The smallest absolute Gasteiger partial charge is 0.201 e. The SMILES string of the molecule is Oc1cc(Nc2ccccc2Cl)oc1C=C1C=Nc2ncccc21. The van der Waals surface area contributed by atoms with E-state index in [0.29, 0.717) is 28.2 Å². The van der Waals surface area contributed by atoms with Gasteiger partial charge in [0.2, 0.25) is 5.88 Å². The van der Waals surface area contributed by atoms with Gasteiger partial charge in [0, 0.05) is 29.6 Å². The summed E-state index contributed by atoms with van der Waals surface area (Å²) in [6.45, 7) is 0. The van der Waals surface area contributed by atoms with Crippen LogP contribution in [0.25, 0.3) is 11.6 Å². The molecule has 2 aromatic heterocycles. The van der Waals surface area contributed by atoms with Crippen LogP contribution in [0.5, 0.6) is 5.75 Å². The molecule has 0 bridgehead atoms. The number of anilines is 2. The first-order valence-electron chi connectivity index (χ1n) is 7.26. The Balaban J connectivity index is 1.65. The Kier molecular flexibility index (Phi) is 3.55. The number of aromatic hydroxyl groups is 1. The highest BCUT2D eigenvalue weighted by atomic mass is 35.5. The lowest BCUT2D eigenvalue weighted by molar-refractivity contribution is 0.456. The van der Waals surface area contributed by atoms with Gasteiger partial charge in [-0.15, -0.1) is 0 Å². The number of aromatic nitrogens is 1. The number of nitrogens with zero attached hydrogens (tertiary/aromatic N) is 2. The molecule has 3 aromatic rings. The molecule has 0 radical (unpaired) electrons. The number of para-hydroxylation sites is 1. The zero-order chi connectivity index (χ0) is 16.5. The number of pyridine rings is 1. The van der Waals surface area contributed by atoms with Crippen LogP contribution in [0.4, 0.5) is 17.4 Å². The number of halogens is 1. The summed E-state index contributed by atoms with van der Waals surface area (Å²) in [5.74, 6) is 1.42. The third-order valence-corrected chi connectivity index (χ3v) is 3.91. The minimum absolute atomic E-state index is 0.0304. The van der Waals surface area contributed by atoms with Crippen LogP contribution in [0.15, 0.2) is 58.1 Å². The van der Waals surface area contributed by atoms with Crippen molar-refractivity contribution in [2.24, 2.45) is 4.99 Å². The maximum atomic E-state index is 10.1. The number of allylic oxidation sites excluding steroid dienone is 1. The van der Waals surface area contributed by atoms with Crippen LogP contribution < -0.4 is 5.32 Å². The molecule has 24 heavy (non-hydrogen) atoms. The fourth-order valence-electron chi connectivity index (χ4n) is 2.44. The normalized spacial score (nSPS) is 14.1. The number of fused-ring (bicyclic) bond motifs is 1. The van der Waals surface area contributed by atoms with Gasteiger partial charge in [0.05, 0.1) is 10.7 Å². The summed E-state index contributed by atoms with van der Waals surface area (Å²) < 4.78 is 5.67. The molecule has 0 amide bonds. The Hall–Kier alpha value is -3.05. The van der Waals surface area contributed by atoms with E-state index in [2.05, 4.69) is 15.3 Å². The molecule has 6 heteroatoms. The maximum absolute atomic E-state index is 10.1. The minimum atomic E-state index is 0.0304. The highest BCUT2D eigenvalue weighted by Gasteiger charge is 2.15. The summed E-state index contributed by atoms with van der Waals surface area (Å²) in [5.41, 5.74) is 2.42. The van der Waals surface area contributed by atoms with Gasteiger partial charge < -0.3 is 14.8 Å². The molecule has 3 heterocycles. The van der Waals surface area contributed by atoms with Crippen molar-refractivity contribution in [1.82, 2.24) is 4.98 Å². The molecular formula is C18H12ClN3O2. The number of nitrogens with one attached hydrogen (secondary N) is 1. The molecule has 0 spiro atoms. The molecule has 1 aromatic carbocycles. The lowest BCUT2D eigenvalue weighted by Crippen LogP contribution is -1.88. The number of furan rings is 1. The fraction of sp³-hybridized carbons (Fsp3) is 0. The van der Waals surface area contributed by atoms with Crippen molar-refractivity contribution in [3.05, 3.63) is 65.0 Å². The summed E-state index contributed by atoms with van der Waals surface area (Å²) in [5, 5.41) is 13.7. The average molecular weight is 338 g/mol. The van der Waals surface area contributed by atoms with Crippen molar-refractivity contribution in [2.45, 2.75) is 0 Å². The second-order valence-electron chi connectivity index (χ2n) is 5.20. The summed E-state index contributed by atoms with van der Waals surface area (Å²) in [4.78, 5) is 8.42. The molecule has 0 saturated carbocycles. The molecule has 1 aliphatic rings. The van der Waals surface area contributed by atoms with Crippen LogP contribution in [0.3, 0.4) is 0 Å². The monoisotopic (exact) mass is 337 g/mol. The van der Waals surface area contributed by atoms with Crippen molar-refractivity contribution in [1.29, 1.82) is 0 Å².